The van der Waals surface area contributed by atoms with Gasteiger partial charge in [-0.3, -0.25) is 9.59 Å². The number of carbonyl (C=O) groups is 2. The third kappa shape index (κ3) is 8.32. The third-order valence-electron chi connectivity index (χ3n) is 6.19. The van der Waals surface area contributed by atoms with Crippen molar-refractivity contribution in [1.29, 1.82) is 0 Å². The fourth-order valence-corrected chi connectivity index (χ4v) is 3.61. The Morgan fingerprint density at radius 1 is 0.818 bits per heavy atom. The summed E-state index contributed by atoms with van der Waals surface area (Å²) in [6.07, 6.45) is 0.674. The molecule has 2 aromatic carbocycles. The molecule has 0 radical (unpaired) electrons. The van der Waals surface area contributed by atoms with Gasteiger partial charge in [-0.2, -0.15) is 0 Å². The quantitative estimate of drug-likeness (QED) is 0.504. The zero-order chi connectivity index (χ0) is 24.8. The van der Waals surface area contributed by atoms with E-state index >= 15 is 0 Å². The number of aryl methyl sites for hydroxylation is 2. The van der Waals surface area contributed by atoms with Crippen molar-refractivity contribution in [3.05, 3.63) is 70.8 Å². The van der Waals surface area contributed by atoms with Gasteiger partial charge in [-0.1, -0.05) is 42.3 Å². The number of ether oxygens (including phenoxy) is 1. The smallest absolute Gasteiger partial charge is 0.251 e. The first-order chi connectivity index (χ1) is 15.3. The van der Waals surface area contributed by atoms with Crippen LogP contribution in [0.3, 0.4) is 0 Å². The highest BCUT2D eigenvalue weighted by molar-refractivity contribution is 5.95. The van der Waals surface area contributed by atoms with Crippen molar-refractivity contribution < 1.29 is 14.3 Å². The van der Waals surface area contributed by atoms with E-state index in [1.165, 1.54) is 0 Å². The lowest BCUT2D eigenvalue weighted by molar-refractivity contribution is -0.0525. The molecular formula is C28H40N2O3. The number of rotatable bonds is 10. The van der Waals surface area contributed by atoms with E-state index in [0.717, 1.165) is 11.1 Å². The van der Waals surface area contributed by atoms with Crippen molar-refractivity contribution in [3.8, 4) is 0 Å². The fourth-order valence-electron chi connectivity index (χ4n) is 3.61. The Hall–Kier alpha value is -2.66. The van der Waals surface area contributed by atoms with E-state index in [0.29, 0.717) is 24.2 Å². The number of amides is 2. The number of hydrogen-bond acceptors (Lipinski definition) is 3. The van der Waals surface area contributed by atoms with Crippen molar-refractivity contribution in [2.24, 2.45) is 5.92 Å². The van der Waals surface area contributed by atoms with Crippen LogP contribution in [0.2, 0.25) is 0 Å². The number of nitrogens with one attached hydrogen (secondary N) is 2. The second kappa shape index (κ2) is 11.0. The largest absolute Gasteiger partial charge is 0.375 e. The van der Waals surface area contributed by atoms with Gasteiger partial charge < -0.3 is 15.4 Å². The van der Waals surface area contributed by atoms with E-state index < -0.39 is 11.1 Å². The van der Waals surface area contributed by atoms with Crippen LogP contribution in [0.4, 0.5) is 0 Å². The Labute approximate surface area is 199 Å². The molecule has 5 heteroatoms. The molecular weight excluding hydrogens is 412 g/mol. The molecule has 0 bridgehead atoms. The maximum atomic E-state index is 12.7. The molecule has 0 saturated heterocycles. The lowest BCUT2D eigenvalue weighted by Gasteiger charge is -2.36. The van der Waals surface area contributed by atoms with Crippen LogP contribution in [0.5, 0.6) is 0 Å². The molecule has 2 atom stereocenters. The molecule has 0 aliphatic carbocycles. The number of benzene rings is 2. The Bertz CT molecular complexity index is 931. The van der Waals surface area contributed by atoms with Crippen molar-refractivity contribution in [3.63, 3.8) is 0 Å². The first-order valence-electron chi connectivity index (χ1n) is 11.7. The molecule has 33 heavy (non-hydrogen) atoms. The first kappa shape index (κ1) is 26.6. The van der Waals surface area contributed by atoms with Gasteiger partial charge in [-0.25, -0.2) is 0 Å². The fraction of sp³-hybridized carbons (Fsp3) is 0.500. The van der Waals surface area contributed by atoms with Crippen LogP contribution in [-0.2, 0) is 4.74 Å². The number of carbonyl (C=O) groups excluding carboxylic acids is 2. The molecule has 0 fully saturated rings. The van der Waals surface area contributed by atoms with Crippen LogP contribution in [0.1, 0.15) is 79.8 Å². The molecule has 2 amide bonds. The summed E-state index contributed by atoms with van der Waals surface area (Å²) in [6.45, 7) is 16.7. The average Bonchev–Trinajstić information content (AvgIpc) is 2.72. The van der Waals surface area contributed by atoms with Crippen molar-refractivity contribution >= 4 is 11.8 Å². The van der Waals surface area contributed by atoms with Gasteiger partial charge in [0.2, 0.25) is 0 Å². The predicted molar refractivity (Wildman–Crippen MR) is 135 cm³/mol. The van der Waals surface area contributed by atoms with Gasteiger partial charge in [-0.05, 0) is 79.2 Å². The molecule has 0 saturated carbocycles. The van der Waals surface area contributed by atoms with E-state index in [-0.39, 0.29) is 23.8 Å². The molecule has 0 aliphatic rings. The third-order valence-corrected chi connectivity index (χ3v) is 6.19. The predicted octanol–water partition coefficient (Wildman–Crippen LogP) is 5.45. The normalized spacial score (nSPS) is 13.8. The summed E-state index contributed by atoms with van der Waals surface area (Å²) in [5.74, 6) is -0.0752. The standard InChI is InChI=1S/C28H40N2O3/c1-19-9-13-23(14-10-19)25(31)29-22(4)17-27(5,6)33-18-21(3)28(7,8)30-26(32)24-15-11-20(2)12-16-24/h9-16,21-22H,17-18H2,1-8H3,(H,29,31)(H,30,32). The van der Waals surface area contributed by atoms with E-state index in [1.54, 1.807) is 0 Å². The summed E-state index contributed by atoms with van der Waals surface area (Å²) in [5.41, 5.74) is 2.70. The Morgan fingerprint density at radius 3 is 1.76 bits per heavy atom. The molecule has 0 aliphatic heterocycles. The summed E-state index contributed by atoms with van der Waals surface area (Å²) in [4.78, 5) is 25.2. The van der Waals surface area contributed by atoms with Gasteiger partial charge in [0.25, 0.3) is 11.8 Å². The average molecular weight is 453 g/mol. The molecule has 2 N–H and O–H groups in total. The van der Waals surface area contributed by atoms with Gasteiger partial charge in [0.05, 0.1) is 12.2 Å². The molecule has 0 spiro atoms. The summed E-state index contributed by atoms with van der Waals surface area (Å²) in [5, 5.41) is 6.20. The zero-order valence-electron chi connectivity index (χ0n) is 21.4. The molecule has 0 heterocycles. The molecule has 180 valence electrons. The summed E-state index contributed by atoms with van der Waals surface area (Å²) < 4.78 is 6.25. The second-order valence-electron chi connectivity index (χ2n) is 10.5. The van der Waals surface area contributed by atoms with Crippen molar-refractivity contribution in [1.82, 2.24) is 10.6 Å². The minimum Gasteiger partial charge on any atom is -0.375 e. The van der Waals surface area contributed by atoms with Crippen molar-refractivity contribution in [2.45, 2.75) is 79.0 Å². The van der Waals surface area contributed by atoms with Crippen LogP contribution in [0.15, 0.2) is 48.5 Å². The lowest BCUT2D eigenvalue weighted by atomic mass is 9.88. The van der Waals surface area contributed by atoms with Crippen LogP contribution in [0, 0.1) is 19.8 Å². The monoisotopic (exact) mass is 452 g/mol. The lowest BCUT2D eigenvalue weighted by Crippen LogP contribution is -2.50. The highest BCUT2D eigenvalue weighted by Gasteiger charge is 2.31. The van der Waals surface area contributed by atoms with Gasteiger partial charge in [0, 0.05) is 28.6 Å². The van der Waals surface area contributed by atoms with Crippen molar-refractivity contribution in [2.75, 3.05) is 6.61 Å². The topological polar surface area (TPSA) is 67.4 Å². The van der Waals surface area contributed by atoms with Crippen LogP contribution in [0.25, 0.3) is 0 Å². The molecule has 2 rings (SSSR count). The van der Waals surface area contributed by atoms with Gasteiger partial charge in [0.1, 0.15) is 0 Å². The molecule has 0 aromatic heterocycles. The first-order valence-corrected chi connectivity index (χ1v) is 11.7. The van der Waals surface area contributed by atoms with E-state index in [9.17, 15) is 9.59 Å². The number of hydrogen-bond donors (Lipinski definition) is 2. The molecule has 2 aromatic rings. The second-order valence-corrected chi connectivity index (χ2v) is 10.5. The maximum absolute atomic E-state index is 12.7. The minimum atomic E-state index is -0.441. The van der Waals surface area contributed by atoms with Crippen LogP contribution < -0.4 is 10.6 Å². The summed E-state index contributed by atoms with van der Waals surface area (Å²) >= 11 is 0. The van der Waals surface area contributed by atoms with Gasteiger partial charge in [0.15, 0.2) is 0 Å². The maximum Gasteiger partial charge on any atom is 0.251 e. The SMILES string of the molecule is Cc1ccc(C(=O)NC(C)CC(C)(C)OCC(C)C(C)(C)NC(=O)c2ccc(C)cc2)cc1. The minimum absolute atomic E-state index is 0.0432. The molecule has 5 nitrogen and oxygen atoms in total. The summed E-state index contributed by atoms with van der Waals surface area (Å²) in [6, 6.07) is 15.1. The Morgan fingerprint density at radius 2 is 1.27 bits per heavy atom. The van der Waals surface area contributed by atoms with Gasteiger partial charge >= 0.3 is 0 Å². The zero-order valence-corrected chi connectivity index (χ0v) is 21.4. The van der Waals surface area contributed by atoms with E-state index in [2.05, 4.69) is 17.6 Å². The summed E-state index contributed by atoms with van der Waals surface area (Å²) in [7, 11) is 0. The highest BCUT2D eigenvalue weighted by atomic mass is 16.5. The molecule has 2 unspecified atom stereocenters. The Balaban J connectivity index is 1.86. The highest BCUT2D eigenvalue weighted by Crippen LogP contribution is 2.23. The van der Waals surface area contributed by atoms with E-state index in [4.69, 9.17) is 4.74 Å². The van der Waals surface area contributed by atoms with Crippen LogP contribution in [-0.4, -0.2) is 35.6 Å². The van der Waals surface area contributed by atoms with Gasteiger partial charge in [-0.15, -0.1) is 0 Å². The van der Waals surface area contributed by atoms with E-state index in [1.807, 2.05) is 97.0 Å². The Kier molecular flexibility index (Phi) is 8.84. The van der Waals surface area contributed by atoms with Crippen LogP contribution >= 0.6 is 0 Å².